The average molecular weight is 309 g/mol. The fraction of sp³-hybridized carbons (Fsp3) is 0.733. The van der Waals surface area contributed by atoms with Gasteiger partial charge in [0.1, 0.15) is 6.54 Å². The third kappa shape index (κ3) is 5.31. The Bertz CT molecular complexity index is 455. The molecule has 7 heteroatoms. The lowest BCUT2D eigenvalue weighted by Gasteiger charge is -2.32. The van der Waals surface area contributed by atoms with Gasteiger partial charge in [0.05, 0.1) is 18.5 Å². The molecular weight excluding hydrogens is 282 g/mol. The highest BCUT2D eigenvalue weighted by atomic mass is 16.3. The molecule has 2 rings (SSSR count). The molecule has 0 saturated carbocycles. The molecule has 1 aliphatic rings. The Morgan fingerprint density at radius 3 is 2.91 bits per heavy atom. The third-order valence-electron chi connectivity index (χ3n) is 3.87. The number of nitrogens with zero attached hydrogens (tertiary/aromatic N) is 3. The van der Waals surface area contributed by atoms with Gasteiger partial charge in [-0.25, -0.2) is 0 Å². The van der Waals surface area contributed by atoms with Crippen LogP contribution in [-0.4, -0.2) is 64.5 Å². The van der Waals surface area contributed by atoms with E-state index in [9.17, 15) is 4.79 Å². The molecule has 0 aromatic carbocycles. The summed E-state index contributed by atoms with van der Waals surface area (Å²) in [5.74, 6) is -0.142. The molecule has 0 spiro atoms. The lowest BCUT2D eigenvalue weighted by molar-refractivity contribution is -0.122. The number of aliphatic hydroxyl groups excluding tert-OH is 1. The van der Waals surface area contributed by atoms with Crippen molar-refractivity contribution in [1.82, 2.24) is 20.0 Å². The molecule has 1 saturated heterocycles. The summed E-state index contributed by atoms with van der Waals surface area (Å²) in [6, 6.07) is 0.481. The number of hydrogen-bond donors (Lipinski definition) is 3. The number of piperidine rings is 1. The van der Waals surface area contributed by atoms with Crippen molar-refractivity contribution in [3.63, 3.8) is 0 Å². The summed E-state index contributed by atoms with van der Waals surface area (Å²) >= 11 is 0. The number of hydrogen-bond acceptors (Lipinski definition) is 5. The van der Waals surface area contributed by atoms with Crippen LogP contribution in [-0.2, 0) is 11.3 Å². The highest BCUT2D eigenvalue weighted by Gasteiger charge is 2.18. The van der Waals surface area contributed by atoms with Crippen molar-refractivity contribution in [1.29, 1.82) is 0 Å². The quantitative estimate of drug-likeness (QED) is 0.642. The zero-order valence-corrected chi connectivity index (χ0v) is 13.3. The second-order valence-corrected chi connectivity index (χ2v) is 5.76. The Labute approximate surface area is 131 Å². The van der Waals surface area contributed by atoms with Crippen molar-refractivity contribution in [3.05, 3.63) is 12.4 Å². The molecule has 22 heavy (non-hydrogen) atoms. The average Bonchev–Trinajstić information content (AvgIpc) is 2.94. The van der Waals surface area contributed by atoms with Crippen molar-refractivity contribution in [2.45, 2.75) is 38.8 Å². The normalized spacial score (nSPS) is 16.6. The number of likely N-dealkylation sites (tertiary alicyclic amines) is 1. The van der Waals surface area contributed by atoms with Crippen LogP contribution in [0.15, 0.2) is 12.4 Å². The van der Waals surface area contributed by atoms with Gasteiger partial charge in [-0.05, 0) is 25.8 Å². The van der Waals surface area contributed by atoms with Gasteiger partial charge in [-0.2, -0.15) is 5.10 Å². The van der Waals surface area contributed by atoms with Gasteiger partial charge < -0.3 is 20.6 Å². The first-order valence-electron chi connectivity index (χ1n) is 8.10. The minimum absolute atomic E-state index is 0.0472. The van der Waals surface area contributed by atoms with Crippen molar-refractivity contribution in [3.8, 4) is 0 Å². The van der Waals surface area contributed by atoms with Gasteiger partial charge in [-0.15, -0.1) is 0 Å². The van der Waals surface area contributed by atoms with Crippen molar-refractivity contribution in [2.24, 2.45) is 0 Å². The van der Waals surface area contributed by atoms with Crippen LogP contribution in [0, 0.1) is 0 Å². The molecule has 7 nitrogen and oxygen atoms in total. The summed E-state index contributed by atoms with van der Waals surface area (Å²) in [4.78, 5) is 14.1. The predicted molar refractivity (Wildman–Crippen MR) is 85.7 cm³/mol. The first kappa shape index (κ1) is 16.8. The van der Waals surface area contributed by atoms with E-state index in [2.05, 4.69) is 27.6 Å². The molecule has 0 atom stereocenters. The van der Waals surface area contributed by atoms with Crippen molar-refractivity contribution in [2.75, 3.05) is 38.1 Å². The zero-order chi connectivity index (χ0) is 15.8. The zero-order valence-electron chi connectivity index (χ0n) is 13.3. The van der Waals surface area contributed by atoms with Gasteiger partial charge in [-0.3, -0.25) is 9.48 Å². The van der Waals surface area contributed by atoms with E-state index in [0.717, 1.165) is 31.6 Å². The summed E-state index contributed by atoms with van der Waals surface area (Å²) in [6.07, 6.45) is 7.11. The summed E-state index contributed by atoms with van der Waals surface area (Å²) in [6.45, 7) is 6.10. The van der Waals surface area contributed by atoms with Crippen LogP contribution in [0.2, 0.25) is 0 Å². The standard InChI is InChI=1S/C15H27N5O2/c1-2-6-19-7-3-13(4-8-19)18-14-10-17-20(11-14)12-15(22)16-5-9-21/h10-11,13,18,21H,2-9,12H2,1H3,(H,16,22). The van der Waals surface area contributed by atoms with Crippen LogP contribution >= 0.6 is 0 Å². The van der Waals surface area contributed by atoms with Crippen LogP contribution in [0.3, 0.4) is 0 Å². The molecule has 0 aliphatic carbocycles. The van der Waals surface area contributed by atoms with Crippen LogP contribution in [0.25, 0.3) is 0 Å². The fourth-order valence-electron chi connectivity index (χ4n) is 2.78. The maximum atomic E-state index is 11.6. The molecule has 1 aliphatic heterocycles. The van der Waals surface area contributed by atoms with Gasteiger partial charge >= 0.3 is 0 Å². The number of aliphatic hydroxyl groups is 1. The van der Waals surface area contributed by atoms with Crippen molar-refractivity contribution < 1.29 is 9.90 Å². The molecule has 1 amide bonds. The smallest absolute Gasteiger partial charge is 0.241 e. The summed E-state index contributed by atoms with van der Waals surface area (Å²) in [7, 11) is 0. The van der Waals surface area contributed by atoms with Crippen LogP contribution in [0.5, 0.6) is 0 Å². The molecule has 2 heterocycles. The largest absolute Gasteiger partial charge is 0.395 e. The second kappa shape index (κ2) is 8.75. The van der Waals surface area contributed by atoms with Crippen LogP contribution < -0.4 is 10.6 Å². The van der Waals surface area contributed by atoms with Crippen molar-refractivity contribution >= 4 is 11.6 Å². The number of rotatable bonds is 8. The van der Waals surface area contributed by atoms with E-state index >= 15 is 0 Å². The van der Waals surface area contributed by atoms with Gasteiger partial charge in [0.2, 0.25) is 5.91 Å². The van der Waals surface area contributed by atoms with Gasteiger partial charge in [0.15, 0.2) is 0 Å². The molecule has 124 valence electrons. The lowest BCUT2D eigenvalue weighted by Crippen LogP contribution is -2.39. The summed E-state index contributed by atoms with van der Waals surface area (Å²) in [5.41, 5.74) is 0.962. The Hall–Kier alpha value is -1.60. The Balaban J connectivity index is 1.74. The fourth-order valence-corrected chi connectivity index (χ4v) is 2.78. The van der Waals surface area contributed by atoms with E-state index < -0.39 is 0 Å². The molecule has 1 aromatic rings. The van der Waals surface area contributed by atoms with E-state index in [1.165, 1.54) is 13.0 Å². The van der Waals surface area contributed by atoms with E-state index in [1.54, 1.807) is 10.9 Å². The molecular formula is C15H27N5O2. The molecule has 1 aromatic heterocycles. The number of aromatic nitrogens is 2. The number of carbonyl (C=O) groups excluding carboxylic acids is 1. The molecule has 0 unspecified atom stereocenters. The summed E-state index contributed by atoms with van der Waals surface area (Å²) in [5, 5.41) is 19.0. The van der Waals surface area contributed by atoms with Gasteiger partial charge in [-0.1, -0.05) is 6.92 Å². The minimum atomic E-state index is -0.142. The maximum absolute atomic E-state index is 11.6. The van der Waals surface area contributed by atoms with E-state index in [0.29, 0.717) is 6.04 Å². The Kier molecular flexibility index (Phi) is 6.67. The minimum Gasteiger partial charge on any atom is -0.395 e. The number of anilines is 1. The monoisotopic (exact) mass is 309 g/mol. The molecule has 3 N–H and O–H groups in total. The number of carbonyl (C=O) groups is 1. The highest BCUT2D eigenvalue weighted by molar-refractivity contribution is 5.75. The highest BCUT2D eigenvalue weighted by Crippen LogP contribution is 2.16. The Morgan fingerprint density at radius 1 is 1.45 bits per heavy atom. The molecule has 0 radical (unpaired) electrons. The molecule has 0 bridgehead atoms. The van der Waals surface area contributed by atoms with Gasteiger partial charge in [0, 0.05) is 31.9 Å². The lowest BCUT2D eigenvalue weighted by atomic mass is 10.0. The summed E-state index contributed by atoms with van der Waals surface area (Å²) < 4.78 is 1.61. The third-order valence-corrected chi connectivity index (χ3v) is 3.87. The second-order valence-electron chi connectivity index (χ2n) is 5.76. The first-order chi connectivity index (χ1) is 10.7. The maximum Gasteiger partial charge on any atom is 0.241 e. The van der Waals surface area contributed by atoms with Crippen LogP contribution in [0.1, 0.15) is 26.2 Å². The topological polar surface area (TPSA) is 82.4 Å². The first-order valence-corrected chi connectivity index (χ1v) is 8.10. The Morgan fingerprint density at radius 2 is 2.23 bits per heavy atom. The van der Waals surface area contributed by atoms with E-state index in [-0.39, 0.29) is 25.6 Å². The SMILES string of the molecule is CCCN1CCC(Nc2cnn(CC(=O)NCCO)c2)CC1. The van der Waals surface area contributed by atoms with E-state index in [4.69, 9.17) is 5.11 Å². The number of nitrogens with one attached hydrogen (secondary N) is 2. The number of amides is 1. The van der Waals surface area contributed by atoms with E-state index in [1.807, 2.05) is 6.20 Å². The molecule has 1 fully saturated rings. The van der Waals surface area contributed by atoms with Crippen LogP contribution in [0.4, 0.5) is 5.69 Å². The van der Waals surface area contributed by atoms with Gasteiger partial charge in [0.25, 0.3) is 0 Å². The predicted octanol–water partition coefficient (Wildman–Crippen LogP) is 0.278.